The number of hydrogen-bond acceptors (Lipinski definition) is 3. The summed E-state index contributed by atoms with van der Waals surface area (Å²) >= 11 is 0. The zero-order chi connectivity index (χ0) is 18.6. The molecule has 0 bridgehead atoms. The molecule has 6 heteroatoms. The Bertz CT molecular complexity index is 614. The van der Waals surface area contributed by atoms with E-state index in [0.29, 0.717) is 6.54 Å². The summed E-state index contributed by atoms with van der Waals surface area (Å²) in [5, 5.41) is 2.99. The highest BCUT2D eigenvalue weighted by atomic mass is 35.5. The van der Waals surface area contributed by atoms with Crippen LogP contribution in [0.3, 0.4) is 0 Å². The van der Waals surface area contributed by atoms with Gasteiger partial charge in [0.15, 0.2) is 0 Å². The average molecular weight is 382 g/mol. The van der Waals surface area contributed by atoms with Gasteiger partial charge < -0.3 is 16.0 Å². The molecule has 2 atom stereocenters. The third kappa shape index (κ3) is 5.71. The Balaban J connectivity index is 0.00000338. The first-order valence-corrected chi connectivity index (χ1v) is 9.16. The summed E-state index contributed by atoms with van der Waals surface area (Å²) in [4.78, 5) is 26.1. The lowest BCUT2D eigenvalue weighted by Gasteiger charge is -2.37. The van der Waals surface area contributed by atoms with Gasteiger partial charge in [-0.15, -0.1) is 12.4 Å². The minimum Gasteiger partial charge on any atom is -0.336 e. The second-order valence-corrected chi connectivity index (χ2v) is 7.73. The number of nitrogens with one attached hydrogen (secondary N) is 1. The van der Waals surface area contributed by atoms with Crippen LogP contribution in [0.1, 0.15) is 58.9 Å². The van der Waals surface area contributed by atoms with Crippen LogP contribution in [0.5, 0.6) is 0 Å². The molecule has 146 valence electrons. The maximum absolute atomic E-state index is 12.6. The molecule has 2 unspecified atom stereocenters. The second kappa shape index (κ2) is 9.38. The molecule has 0 spiro atoms. The van der Waals surface area contributed by atoms with Gasteiger partial charge in [0.05, 0.1) is 5.92 Å². The predicted octanol–water partition coefficient (Wildman–Crippen LogP) is 3.71. The fraction of sp³-hybridized carbons (Fsp3) is 0.600. The largest absolute Gasteiger partial charge is 0.336 e. The number of benzene rings is 1. The van der Waals surface area contributed by atoms with E-state index in [1.807, 2.05) is 49.9 Å². The topological polar surface area (TPSA) is 75.4 Å². The highest BCUT2D eigenvalue weighted by molar-refractivity contribution is 5.93. The molecule has 1 aliphatic carbocycles. The van der Waals surface area contributed by atoms with E-state index in [4.69, 9.17) is 5.73 Å². The van der Waals surface area contributed by atoms with Crippen molar-refractivity contribution >= 4 is 29.9 Å². The van der Waals surface area contributed by atoms with Gasteiger partial charge in [0.25, 0.3) is 0 Å². The van der Waals surface area contributed by atoms with E-state index in [9.17, 15) is 9.59 Å². The molecule has 0 saturated heterocycles. The summed E-state index contributed by atoms with van der Waals surface area (Å²) in [5.74, 6) is -0.0769. The van der Waals surface area contributed by atoms with Crippen molar-refractivity contribution in [3.05, 3.63) is 29.8 Å². The number of halogens is 1. The Kier molecular flexibility index (Phi) is 8.10. The lowest BCUT2D eigenvalue weighted by molar-refractivity contribution is -0.131. The zero-order valence-electron chi connectivity index (χ0n) is 16.2. The maximum atomic E-state index is 12.6. The fourth-order valence-corrected chi connectivity index (χ4v) is 3.57. The van der Waals surface area contributed by atoms with E-state index < -0.39 is 5.54 Å². The molecule has 3 N–H and O–H groups in total. The number of nitrogens with zero attached hydrogens (tertiary/aromatic N) is 1. The van der Waals surface area contributed by atoms with Crippen molar-refractivity contribution in [2.45, 2.75) is 71.5 Å². The van der Waals surface area contributed by atoms with Crippen molar-refractivity contribution in [2.75, 3.05) is 5.32 Å². The third-order valence-corrected chi connectivity index (χ3v) is 5.17. The van der Waals surface area contributed by atoms with E-state index in [-0.39, 0.29) is 36.2 Å². The molecule has 1 fully saturated rings. The van der Waals surface area contributed by atoms with Gasteiger partial charge in [-0.25, -0.2) is 0 Å². The predicted molar refractivity (Wildman–Crippen MR) is 108 cm³/mol. The molecular weight excluding hydrogens is 350 g/mol. The van der Waals surface area contributed by atoms with E-state index in [1.165, 1.54) is 0 Å². The lowest BCUT2D eigenvalue weighted by Crippen LogP contribution is -2.51. The SMILES string of the molecule is CC(=O)N(Cc1ccc(NC(=O)C2CCCCC2(C)N)cc1)C(C)C.Cl. The van der Waals surface area contributed by atoms with Crippen LogP contribution >= 0.6 is 12.4 Å². The minimum absolute atomic E-state index is 0. The van der Waals surface area contributed by atoms with Gasteiger partial charge in [-0.1, -0.05) is 25.0 Å². The summed E-state index contributed by atoms with van der Waals surface area (Å²) in [6.45, 7) is 8.14. The molecule has 5 nitrogen and oxygen atoms in total. The number of anilines is 1. The molecule has 0 aromatic heterocycles. The molecular formula is C20H32ClN3O2. The number of hydrogen-bond donors (Lipinski definition) is 2. The highest BCUT2D eigenvalue weighted by Gasteiger charge is 2.37. The molecule has 2 amide bonds. The molecule has 0 radical (unpaired) electrons. The molecule has 0 heterocycles. The highest BCUT2D eigenvalue weighted by Crippen LogP contribution is 2.32. The van der Waals surface area contributed by atoms with Crippen molar-refractivity contribution in [2.24, 2.45) is 11.7 Å². The Morgan fingerprint density at radius 2 is 1.88 bits per heavy atom. The van der Waals surface area contributed by atoms with E-state index >= 15 is 0 Å². The summed E-state index contributed by atoms with van der Waals surface area (Å²) in [6, 6.07) is 7.85. The van der Waals surface area contributed by atoms with Crippen LogP contribution in [0, 0.1) is 5.92 Å². The van der Waals surface area contributed by atoms with Crippen molar-refractivity contribution in [1.29, 1.82) is 0 Å². The van der Waals surface area contributed by atoms with Crippen molar-refractivity contribution in [1.82, 2.24) is 4.90 Å². The Hall–Kier alpha value is -1.59. The first-order chi connectivity index (χ1) is 11.7. The summed E-state index contributed by atoms with van der Waals surface area (Å²) < 4.78 is 0. The first-order valence-electron chi connectivity index (χ1n) is 9.16. The number of carbonyl (C=O) groups excluding carboxylic acids is 2. The number of amides is 2. The summed E-state index contributed by atoms with van der Waals surface area (Å²) in [6.07, 6.45) is 3.88. The molecule has 1 aromatic rings. The molecule has 26 heavy (non-hydrogen) atoms. The van der Waals surface area contributed by atoms with Crippen molar-refractivity contribution in [3.63, 3.8) is 0 Å². The molecule has 1 aromatic carbocycles. The molecule has 1 aliphatic rings. The molecule has 2 rings (SSSR count). The summed E-state index contributed by atoms with van der Waals surface area (Å²) in [7, 11) is 0. The van der Waals surface area contributed by atoms with Crippen LogP contribution in [0.15, 0.2) is 24.3 Å². The van der Waals surface area contributed by atoms with Crippen LogP contribution in [0.25, 0.3) is 0 Å². The van der Waals surface area contributed by atoms with Crippen LogP contribution in [0.2, 0.25) is 0 Å². The molecule has 1 saturated carbocycles. The van der Waals surface area contributed by atoms with E-state index in [0.717, 1.165) is 36.9 Å². The summed E-state index contributed by atoms with van der Waals surface area (Å²) in [5.41, 5.74) is 7.70. The fourth-order valence-electron chi connectivity index (χ4n) is 3.57. The maximum Gasteiger partial charge on any atom is 0.229 e. The van der Waals surface area contributed by atoms with E-state index in [2.05, 4.69) is 5.32 Å². The van der Waals surface area contributed by atoms with Crippen LogP contribution in [-0.4, -0.2) is 28.3 Å². The monoisotopic (exact) mass is 381 g/mol. The van der Waals surface area contributed by atoms with Gasteiger partial charge in [0, 0.05) is 30.7 Å². The van der Waals surface area contributed by atoms with Gasteiger partial charge in [-0.2, -0.15) is 0 Å². The van der Waals surface area contributed by atoms with Crippen LogP contribution < -0.4 is 11.1 Å². The van der Waals surface area contributed by atoms with Gasteiger partial charge >= 0.3 is 0 Å². The number of rotatable bonds is 5. The lowest BCUT2D eigenvalue weighted by atomic mass is 9.74. The first kappa shape index (κ1) is 22.5. The van der Waals surface area contributed by atoms with Gasteiger partial charge in [0.1, 0.15) is 0 Å². The Morgan fingerprint density at radius 1 is 1.27 bits per heavy atom. The second-order valence-electron chi connectivity index (χ2n) is 7.73. The van der Waals surface area contributed by atoms with Gasteiger partial charge in [-0.3, -0.25) is 9.59 Å². The normalized spacial score (nSPS) is 22.5. The van der Waals surface area contributed by atoms with Gasteiger partial charge in [0.2, 0.25) is 11.8 Å². The van der Waals surface area contributed by atoms with Crippen LogP contribution in [0.4, 0.5) is 5.69 Å². The van der Waals surface area contributed by atoms with Gasteiger partial charge in [-0.05, 0) is 51.3 Å². The number of carbonyl (C=O) groups is 2. The van der Waals surface area contributed by atoms with Crippen LogP contribution in [-0.2, 0) is 16.1 Å². The third-order valence-electron chi connectivity index (χ3n) is 5.17. The minimum atomic E-state index is -0.429. The zero-order valence-corrected chi connectivity index (χ0v) is 17.1. The standard InChI is InChI=1S/C20H31N3O2.ClH/c1-14(2)23(15(3)24)13-16-8-10-17(11-9-16)22-19(25)18-7-5-6-12-20(18,4)21;/h8-11,14,18H,5-7,12-13,21H2,1-4H3,(H,22,25);1H. The smallest absolute Gasteiger partial charge is 0.229 e. The van der Waals surface area contributed by atoms with Crippen molar-refractivity contribution in [3.8, 4) is 0 Å². The van der Waals surface area contributed by atoms with E-state index in [1.54, 1.807) is 6.92 Å². The quantitative estimate of drug-likeness (QED) is 0.816. The Morgan fingerprint density at radius 3 is 2.38 bits per heavy atom. The average Bonchev–Trinajstić information content (AvgIpc) is 2.52. The Labute approximate surface area is 163 Å². The number of nitrogens with two attached hydrogens (primary N) is 1. The van der Waals surface area contributed by atoms with Crippen molar-refractivity contribution < 1.29 is 9.59 Å². The molecule has 0 aliphatic heterocycles.